The normalized spacial score (nSPS) is 12.0. The predicted octanol–water partition coefficient (Wildman–Crippen LogP) is 6.01. The zero-order chi connectivity index (χ0) is 30.0. The Morgan fingerprint density at radius 3 is 2.24 bits per heavy atom. The van der Waals surface area contributed by atoms with Crippen LogP contribution in [0.4, 0.5) is 5.69 Å². The Morgan fingerprint density at radius 1 is 0.927 bits per heavy atom. The van der Waals surface area contributed by atoms with Crippen LogP contribution in [0, 0.1) is 6.92 Å². The Morgan fingerprint density at radius 2 is 1.61 bits per heavy atom. The highest BCUT2D eigenvalue weighted by Crippen LogP contribution is 2.26. The zero-order valence-corrected chi connectivity index (χ0v) is 26.0. The molecular formula is C31H37Cl2N3O4S. The molecule has 7 nitrogen and oxygen atoms in total. The van der Waals surface area contributed by atoms with Crippen LogP contribution in [0.15, 0.2) is 72.8 Å². The minimum Gasteiger partial charge on any atom is -0.354 e. The third-order valence-electron chi connectivity index (χ3n) is 6.69. The third-order valence-corrected chi connectivity index (χ3v) is 8.61. The minimum atomic E-state index is -3.58. The molecule has 0 bridgehead atoms. The van der Waals surface area contributed by atoms with E-state index in [1.165, 1.54) is 4.31 Å². The van der Waals surface area contributed by atoms with E-state index < -0.39 is 16.1 Å². The molecule has 3 aromatic carbocycles. The van der Waals surface area contributed by atoms with Crippen LogP contribution in [0.2, 0.25) is 10.0 Å². The molecule has 0 aliphatic carbocycles. The Bertz CT molecular complexity index is 1430. The second kappa shape index (κ2) is 15.2. The molecule has 0 saturated heterocycles. The molecule has 1 N–H and O–H groups in total. The van der Waals surface area contributed by atoms with E-state index in [9.17, 15) is 18.0 Å². The summed E-state index contributed by atoms with van der Waals surface area (Å²) in [6, 6.07) is 21.1. The van der Waals surface area contributed by atoms with Gasteiger partial charge in [0, 0.05) is 32.5 Å². The summed E-state index contributed by atoms with van der Waals surface area (Å²) in [5.41, 5.74) is 3.04. The van der Waals surface area contributed by atoms with Gasteiger partial charge in [0.1, 0.15) is 6.04 Å². The number of carbonyl (C=O) groups excluding carboxylic acids is 2. The second-order valence-electron chi connectivity index (χ2n) is 9.99. The van der Waals surface area contributed by atoms with Gasteiger partial charge in [0.2, 0.25) is 21.8 Å². The lowest BCUT2D eigenvalue weighted by Gasteiger charge is -2.32. The van der Waals surface area contributed by atoms with E-state index in [1.807, 2.05) is 56.3 Å². The van der Waals surface area contributed by atoms with Crippen LogP contribution in [-0.2, 0) is 32.6 Å². The summed E-state index contributed by atoms with van der Waals surface area (Å²) in [6.07, 6.45) is 2.55. The maximum atomic E-state index is 13.9. The van der Waals surface area contributed by atoms with Crippen molar-refractivity contribution in [3.05, 3.63) is 99.5 Å². The zero-order valence-electron chi connectivity index (χ0n) is 23.6. The van der Waals surface area contributed by atoms with E-state index >= 15 is 0 Å². The van der Waals surface area contributed by atoms with Crippen molar-refractivity contribution in [3.8, 4) is 0 Å². The van der Waals surface area contributed by atoms with Crippen LogP contribution in [0.1, 0.15) is 42.9 Å². The summed E-state index contributed by atoms with van der Waals surface area (Å²) >= 11 is 12.4. The average Bonchev–Trinajstić information content (AvgIpc) is 2.94. The number of hydrogen-bond donors (Lipinski definition) is 1. The summed E-state index contributed by atoms with van der Waals surface area (Å²) in [5.74, 6) is -0.510. The van der Waals surface area contributed by atoms with Crippen LogP contribution >= 0.6 is 23.2 Å². The van der Waals surface area contributed by atoms with E-state index in [-0.39, 0.29) is 37.7 Å². The van der Waals surface area contributed by atoms with Crippen LogP contribution < -0.4 is 9.62 Å². The van der Waals surface area contributed by atoms with Crippen molar-refractivity contribution in [1.82, 2.24) is 10.2 Å². The molecule has 3 rings (SSSR count). The van der Waals surface area contributed by atoms with Crippen molar-refractivity contribution in [3.63, 3.8) is 0 Å². The van der Waals surface area contributed by atoms with Gasteiger partial charge in [-0.15, -0.1) is 0 Å². The first-order chi connectivity index (χ1) is 19.5. The first kappa shape index (κ1) is 32.4. The van der Waals surface area contributed by atoms with Gasteiger partial charge in [0.25, 0.3) is 0 Å². The Hall–Kier alpha value is -3.07. The van der Waals surface area contributed by atoms with Crippen molar-refractivity contribution < 1.29 is 18.0 Å². The fraction of sp³-hybridized carbons (Fsp3) is 0.355. The number of amides is 2. The number of nitrogens with one attached hydrogen (secondary N) is 1. The molecule has 220 valence electrons. The summed E-state index contributed by atoms with van der Waals surface area (Å²) in [7, 11) is -3.58. The van der Waals surface area contributed by atoms with E-state index in [1.54, 1.807) is 35.2 Å². The molecule has 1 atom stereocenters. The standard InChI is InChI=1S/C31H37Cl2N3O4S/c1-4-18-34-31(38)29(21-24-12-6-5-7-13-24)35(22-25-16-17-26(32)27(33)20-25)30(37)15-10-19-36(41(3,39)40)28-14-9-8-11-23(28)2/h5-9,11-14,16-17,20,29H,4,10,15,18-19,21-22H2,1-3H3,(H,34,38). The van der Waals surface area contributed by atoms with Gasteiger partial charge in [0.15, 0.2) is 0 Å². The predicted molar refractivity (Wildman–Crippen MR) is 167 cm³/mol. The monoisotopic (exact) mass is 617 g/mol. The van der Waals surface area contributed by atoms with Gasteiger partial charge in [-0.25, -0.2) is 8.42 Å². The van der Waals surface area contributed by atoms with Gasteiger partial charge in [-0.05, 0) is 54.7 Å². The lowest BCUT2D eigenvalue weighted by Crippen LogP contribution is -2.50. The maximum Gasteiger partial charge on any atom is 0.243 e. The summed E-state index contributed by atoms with van der Waals surface area (Å²) in [6.45, 7) is 4.56. The summed E-state index contributed by atoms with van der Waals surface area (Å²) < 4.78 is 26.6. The van der Waals surface area contributed by atoms with Gasteiger partial charge in [-0.2, -0.15) is 0 Å². The van der Waals surface area contributed by atoms with Crippen molar-refractivity contribution in [2.75, 3.05) is 23.7 Å². The van der Waals surface area contributed by atoms with Crippen LogP contribution in [0.3, 0.4) is 0 Å². The smallest absolute Gasteiger partial charge is 0.243 e. The number of hydrogen-bond acceptors (Lipinski definition) is 4. The summed E-state index contributed by atoms with van der Waals surface area (Å²) in [4.78, 5) is 28.9. The molecule has 0 aliphatic heterocycles. The van der Waals surface area contributed by atoms with Gasteiger partial charge in [-0.3, -0.25) is 13.9 Å². The highest BCUT2D eigenvalue weighted by molar-refractivity contribution is 7.92. The average molecular weight is 619 g/mol. The van der Waals surface area contributed by atoms with E-state index in [4.69, 9.17) is 23.2 Å². The Kier molecular flexibility index (Phi) is 12.1. The lowest BCUT2D eigenvalue weighted by molar-refractivity contribution is -0.141. The number of para-hydroxylation sites is 1. The number of benzene rings is 3. The quantitative estimate of drug-likeness (QED) is 0.240. The Labute approximate surface area is 253 Å². The van der Waals surface area contributed by atoms with Crippen molar-refractivity contribution in [1.29, 1.82) is 0 Å². The number of rotatable bonds is 14. The number of sulfonamides is 1. The van der Waals surface area contributed by atoms with E-state index in [0.717, 1.165) is 29.4 Å². The van der Waals surface area contributed by atoms with Crippen LogP contribution in [-0.4, -0.2) is 50.5 Å². The third kappa shape index (κ3) is 9.48. The molecule has 2 amide bonds. The number of nitrogens with zero attached hydrogens (tertiary/aromatic N) is 2. The van der Waals surface area contributed by atoms with E-state index in [2.05, 4.69) is 5.32 Å². The first-order valence-electron chi connectivity index (χ1n) is 13.6. The van der Waals surface area contributed by atoms with Gasteiger partial charge >= 0.3 is 0 Å². The van der Waals surface area contributed by atoms with Crippen molar-refractivity contribution in [2.24, 2.45) is 0 Å². The molecule has 0 fully saturated rings. The van der Waals surface area contributed by atoms with Gasteiger partial charge in [0.05, 0.1) is 22.0 Å². The van der Waals surface area contributed by atoms with Crippen molar-refractivity contribution >= 4 is 50.7 Å². The molecule has 10 heteroatoms. The molecule has 0 heterocycles. The molecule has 0 saturated carbocycles. The fourth-order valence-corrected chi connectivity index (χ4v) is 5.92. The van der Waals surface area contributed by atoms with E-state index in [0.29, 0.717) is 28.7 Å². The second-order valence-corrected chi connectivity index (χ2v) is 12.7. The minimum absolute atomic E-state index is 0.0472. The SMILES string of the molecule is CCCNC(=O)C(Cc1ccccc1)N(Cc1ccc(Cl)c(Cl)c1)C(=O)CCCN(c1ccccc1C)S(C)(=O)=O. The number of anilines is 1. The number of carbonyl (C=O) groups is 2. The molecule has 3 aromatic rings. The Balaban J connectivity index is 1.90. The number of aryl methyl sites for hydroxylation is 1. The van der Waals surface area contributed by atoms with Gasteiger partial charge in [-0.1, -0.05) is 84.7 Å². The highest BCUT2D eigenvalue weighted by Gasteiger charge is 2.30. The molecule has 1 unspecified atom stereocenters. The van der Waals surface area contributed by atoms with Crippen LogP contribution in [0.25, 0.3) is 0 Å². The maximum absolute atomic E-state index is 13.9. The largest absolute Gasteiger partial charge is 0.354 e. The molecular weight excluding hydrogens is 581 g/mol. The lowest BCUT2D eigenvalue weighted by atomic mass is 10.0. The van der Waals surface area contributed by atoms with Crippen LogP contribution in [0.5, 0.6) is 0 Å². The molecule has 0 radical (unpaired) electrons. The molecule has 0 aliphatic rings. The fourth-order valence-electron chi connectivity index (χ4n) is 4.58. The molecule has 0 spiro atoms. The molecule has 0 aromatic heterocycles. The summed E-state index contributed by atoms with van der Waals surface area (Å²) in [5, 5.41) is 3.70. The molecule has 41 heavy (non-hydrogen) atoms. The highest BCUT2D eigenvalue weighted by atomic mass is 35.5. The van der Waals surface area contributed by atoms with Crippen molar-refractivity contribution in [2.45, 2.75) is 52.1 Å². The first-order valence-corrected chi connectivity index (χ1v) is 16.2. The topological polar surface area (TPSA) is 86.8 Å². The van der Waals surface area contributed by atoms with Gasteiger partial charge < -0.3 is 10.2 Å². The number of halogens is 2.